The van der Waals surface area contributed by atoms with E-state index in [0.29, 0.717) is 16.6 Å². The lowest BCUT2D eigenvalue weighted by molar-refractivity contribution is -0.139. The molecule has 0 aliphatic carbocycles. The first-order valence-electron chi connectivity index (χ1n) is 5.86. The van der Waals surface area contributed by atoms with Crippen molar-refractivity contribution >= 4 is 50.3 Å². The number of rotatable bonds is 4. The Labute approximate surface area is 123 Å². The molecule has 1 unspecified atom stereocenters. The number of carbonyl (C=O) groups excluding carboxylic acids is 1. The van der Waals surface area contributed by atoms with E-state index in [4.69, 9.17) is 16.7 Å². The molecule has 3 N–H and O–H groups in total. The number of nitrogens with zero attached hydrogens (tertiary/aromatic N) is 1. The van der Waals surface area contributed by atoms with E-state index in [1.807, 2.05) is 0 Å². The van der Waals surface area contributed by atoms with Crippen molar-refractivity contribution in [3.05, 3.63) is 23.2 Å². The van der Waals surface area contributed by atoms with Crippen LogP contribution in [0.3, 0.4) is 0 Å². The molecule has 0 saturated carbocycles. The Morgan fingerprint density at radius 2 is 2.25 bits per heavy atom. The monoisotopic (exact) mass is 313 g/mol. The molecule has 6 nitrogen and oxygen atoms in total. The maximum Gasteiger partial charge on any atom is 0.326 e. The summed E-state index contributed by atoms with van der Waals surface area (Å²) < 4.78 is 0.845. The number of urea groups is 1. The second-order valence-electron chi connectivity index (χ2n) is 4.03. The molecule has 0 fully saturated rings. The van der Waals surface area contributed by atoms with E-state index in [1.165, 1.54) is 11.3 Å². The highest BCUT2D eigenvalue weighted by Gasteiger charge is 2.18. The average Bonchev–Trinajstić information content (AvgIpc) is 2.76. The highest BCUT2D eigenvalue weighted by atomic mass is 35.5. The number of hydrogen-bond donors (Lipinski definition) is 3. The summed E-state index contributed by atoms with van der Waals surface area (Å²) in [5.74, 6) is -1.07. The van der Waals surface area contributed by atoms with Gasteiger partial charge in [0.2, 0.25) is 0 Å². The minimum atomic E-state index is -1.07. The predicted molar refractivity (Wildman–Crippen MR) is 78.5 cm³/mol. The average molecular weight is 314 g/mol. The third-order valence-corrected chi connectivity index (χ3v) is 3.75. The number of thiazole rings is 1. The topological polar surface area (TPSA) is 91.3 Å². The highest BCUT2D eigenvalue weighted by Crippen LogP contribution is 2.28. The van der Waals surface area contributed by atoms with Crippen LogP contribution in [0.15, 0.2) is 18.2 Å². The molecule has 20 heavy (non-hydrogen) atoms. The molecule has 2 amide bonds. The summed E-state index contributed by atoms with van der Waals surface area (Å²) in [6, 6.07) is 3.71. The number of nitrogens with one attached hydrogen (secondary N) is 2. The van der Waals surface area contributed by atoms with Crippen LogP contribution in [-0.4, -0.2) is 28.1 Å². The van der Waals surface area contributed by atoms with Gasteiger partial charge in [0, 0.05) is 5.02 Å². The fourth-order valence-electron chi connectivity index (χ4n) is 1.58. The number of carbonyl (C=O) groups is 2. The molecule has 8 heteroatoms. The first-order valence-corrected chi connectivity index (χ1v) is 7.05. The minimum absolute atomic E-state index is 0.304. The van der Waals surface area contributed by atoms with Crippen molar-refractivity contribution in [2.24, 2.45) is 0 Å². The second-order valence-corrected chi connectivity index (χ2v) is 5.50. The predicted octanol–water partition coefficient (Wildman–Crippen LogP) is 2.93. The zero-order chi connectivity index (χ0) is 14.7. The van der Waals surface area contributed by atoms with Crippen LogP contribution in [0.4, 0.5) is 9.93 Å². The van der Waals surface area contributed by atoms with E-state index in [9.17, 15) is 9.59 Å². The van der Waals surface area contributed by atoms with Gasteiger partial charge in [0.15, 0.2) is 5.13 Å². The lowest BCUT2D eigenvalue weighted by Gasteiger charge is -2.11. The van der Waals surface area contributed by atoms with Crippen molar-refractivity contribution in [3.63, 3.8) is 0 Å². The lowest BCUT2D eigenvalue weighted by Crippen LogP contribution is -2.42. The van der Waals surface area contributed by atoms with Crippen LogP contribution >= 0.6 is 22.9 Å². The van der Waals surface area contributed by atoms with Gasteiger partial charge in [-0.1, -0.05) is 29.9 Å². The molecule has 0 bridgehead atoms. The van der Waals surface area contributed by atoms with Gasteiger partial charge in [0.05, 0.1) is 10.2 Å². The van der Waals surface area contributed by atoms with Gasteiger partial charge in [-0.2, -0.15) is 0 Å². The number of carboxylic acid groups (broad SMARTS) is 1. The number of benzene rings is 1. The fraction of sp³-hybridized carbons (Fsp3) is 0.250. The quantitative estimate of drug-likeness (QED) is 0.809. The largest absolute Gasteiger partial charge is 0.480 e. The normalized spacial score (nSPS) is 12.1. The molecule has 0 radical (unpaired) electrons. The minimum Gasteiger partial charge on any atom is -0.480 e. The number of carboxylic acids is 1. The summed E-state index contributed by atoms with van der Waals surface area (Å²) in [6.45, 7) is 1.68. The Morgan fingerprint density at radius 1 is 1.50 bits per heavy atom. The molecular formula is C12H12ClN3O3S. The van der Waals surface area contributed by atoms with Crippen molar-refractivity contribution in [2.45, 2.75) is 19.4 Å². The molecule has 1 aromatic heterocycles. The van der Waals surface area contributed by atoms with Crippen LogP contribution in [0.25, 0.3) is 10.2 Å². The molecule has 0 aliphatic rings. The Balaban J connectivity index is 2.08. The standard InChI is InChI=1S/C12H12ClN3O3S/c1-2-7(10(17)18)14-11(19)16-12-15-8-4-3-6(13)5-9(8)20-12/h3-5,7H,2H2,1H3,(H,17,18)(H2,14,15,16,19). The summed E-state index contributed by atoms with van der Waals surface area (Å²) in [4.78, 5) is 26.7. The summed E-state index contributed by atoms with van der Waals surface area (Å²) >= 11 is 7.14. The first kappa shape index (κ1) is 14.5. The smallest absolute Gasteiger partial charge is 0.326 e. The molecule has 2 aromatic rings. The molecule has 106 valence electrons. The van der Waals surface area contributed by atoms with Crippen LogP contribution in [0.2, 0.25) is 5.02 Å². The van der Waals surface area contributed by atoms with Crippen molar-refractivity contribution in [1.82, 2.24) is 10.3 Å². The van der Waals surface area contributed by atoms with Gasteiger partial charge in [-0.05, 0) is 24.6 Å². The van der Waals surface area contributed by atoms with Gasteiger partial charge in [0.25, 0.3) is 0 Å². The number of hydrogen-bond acceptors (Lipinski definition) is 4. The van der Waals surface area contributed by atoms with Crippen molar-refractivity contribution in [2.75, 3.05) is 5.32 Å². The van der Waals surface area contributed by atoms with Crippen molar-refractivity contribution in [1.29, 1.82) is 0 Å². The number of anilines is 1. The van der Waals surface area contributed by atoms with Gasteiger partial charge in [0.1, 0.15) is 6.04 Å². The number of fused-ring (bicyclic) bond motifs is 1. The molecule has 0 aliphatic heterocycles. The highest BCUT2D eigenvalue weighted by molar-refractivity contribution is 7.22. The molecule has 2 rings (SSSR count). The summed E-state index contributed by atoms with van der Waals surface area (Å²) in [6.07, 6.45) is 0.304. The molecule has 1 aromatic carbocycles. The van der Waals surface area contributed by atoms with E-state index < -0.39 is 18.0 Å². The number of halogens is 1. The number of aromatic nitrogens is 1. The van der Waals surface area contributed by atoms with Gasteiger partial charge >= 0.3 is 12.0 Å². The number of aliphatic carboxylic acids is 1. The Morgan fingerprint density at radius 3 is 2.90 bits per heavy atom. The second kappa shape index (κ2) is 6.06. The Kier molecular flexibility index (Phi) is 4.41. The van der Waals surface area contributed by atoms with Crippen molar-refractivity contribution in [3.8, 4) is 0 Å². The molecule has 1 atom stereocenters. The van der Waals surface area contributed by atoms with Crippen LogP contribution in [0.5, 0.6) is 0 Å². The first-order chi connectivity index (χ1) is 9.49. The van der Waals surface area contributed by atoms with E-state index in [2.05, 4.69) is 15.6 Å². The fourth-order valence-corrected chi connectivity index (χ4v) is 2.72. The zero-order valence-electron chi connectivity index (χ0n) is 10.5. The summed E-state index contributed by atoms with van der Waals surface area (Å²) in [7, 11) is 0. The van der Waals surface area contributed by atoms with Crippen molar-refractivity contribution < 1.29 is 14.7 Å². The van der Waals surface area contributed by atoms with Gasteiger partial charge in [-0.15, -0.1) is 0 Å². The van der Waals surface area contributed by atoms with Crippen LogP contribution in [0, 0.1) is 0 Å². The molecular weight excluding hydrogens is 302 g/mol. The summed E-state index contributed by atoms with van der Waals surface area (Å²) in [5.41, 5.74) is 0.722. The van der Waals surface area contributed by atoms with E-state index in [-0.39, 0.29) is 0 Å². The zero-order valence-corrected chi connectivity index (χ0v) is 12.1. The SMILES string of the molecule is CCC(NC(=O)Nc1nc2ccc(Cl)cc2s1)C(=O)O. The molecule has 0 spiro atoms. The van der Waals surface area contributed by atoms with Crippen LogP contribution in [0.1, 0.15) is 13.3 Å². The molecule has 1 heterocycles. The third kappa shape index (κ3) is 3.37. The van der Waals surface area contributed by atoms with Gasteiger partial charge in [-0.3, -0.25) is 5.32 Å². The summed E-state index contributed by atoms with van der Waals surface area (Å²) in [5, 5.41) is 14.7. The third-order valence-electron chi connectivity index (χ3n) is 2.58. The lowest BCUT2D eigenvalue weighted by atomic mass is 10.2. The van der Waals surface area contributed by atoms with Gasteiger partial charge < -0.3 is 10.4 Å². The Bertz CT molecular complexity index is 658. The number of amides is 2. The van der Waals surface area contributed by atoms with E-state index >= 15 is 0 Å². The van der Waals surface area contributed by atoms with Crippen LogP contribution in [-0.2, 0) is 4.79 Å². The van der Waals surface area contributed by atoms with Gasteiger partial charge in [-0.25, -0.2) is 14.6 Å². The van der Waals surface area contributed by atoms with E-state index in [1.54, 1.807) is 25.1 Å². The Hall–Kier alpha value is -1.86. The van der Waals surface area contributed by atoms with E-state index in [0.717, 1.165) is 10.2 Å². The maximum atomic E-state index is 11.7. The van der Waals surface area contributed by atoms with Crippen LogP contribution < -0.4 is 10.6 Å². The molecule has 0 saturated heterocycles. The maximum absolute atomic E-state index is 11.7.